The standard InChI is InChI=1S/C20H13ClN2O2.CH4/c21-16-10-13(6-7-18(16)25)14-11-15-17(24)8-9-22-20(15)23-19(14)12-4-2-1-3-5-12;/h1-11,25H,(H,22,23,24);1H4. The number of aromatic amines is 1. The topological polar surface area (TPSA) is 66.0 Å². The number of nitrogens with one attached hydrogen (secondary N) is 1. The maximum Gasteiger partial charge on any atom is 0.191 e. The molecule has 2 N–H and O–H groups in total. The Kier molecular flexibility index (Phi) is 4.78. The molecule has 5 heteroatoms. The second-order valence-electron chi connectivity index (χ2n) is 5.65. The first-order valence-corrected chi connectivity index (χ1v) is 8.08. The molecule has 4 rings (SSSR count). The van der Waals surface area contributed by atoms with Gasteiger partial charge in [0.15, 0.2) is 5.43 Å². The third kappa shape index (κ3) is 3.07. The fourth-order valence-corrected chi connectivity index (χ4v) is 2.99. The van der Waals surface area contributed by atoms with Crippen molar-refractivity contribution in [3.05, 3.63) is 82.1 Å². The van der Waals surface area contributed by atoms with Crippen LogP contribution in [0.5, 0.6) is 5.75 Å². The summed E-state index contributed by atoms with van der Waals surface area (Å²) in [5.41, 5.74) is 3.63. The molecule has 0 amide bonds. The van der Waals surface area contributed by atoms with Crippen LogP contribution in [-0.4, -0.2) is 15.1 Å². The van der Waals surface area contributed by atoms with Gasteiger partial charge in [0.1, 0.15) is 11.4 Å². The van der Waals surface area contributed by atoms with Crippen molar-refractivity contribution in [3.8, 4) is 28.1 Å². The van der Waals surface area contributed by atoms with E-state index in [1.807, 2.05) is 36.4 Å². The van der Waals surface area contributed by atoms with Crippen LogP contribution in [-0.2, 0) is 0 Å². The van der Waals surface area contributed by atoms with Crippen molar-refractivity contribution in [2.24, 2.45) is 0 Å². The van der Waals surface area contributed by atoms with Crippen LogP contribution in [0.4, 0.5) is 0 Å². The molecule has 0 unspecified atom stereocenters. The Labute approximate surface area is 155 Å². The molecule has 0 fully saturated rings. The lowest BCUT2D eigenvalue weighted by molar-refractivity contribution is 0.475. The Bertz CT molecular complexity index is 1140. The van der Waals surface area contributed by atoms with Crippen molar-refractivity contribution < 1.29 is 5.11 Å². The maximum absolute atomic E-state index is 12.2. The number of aromatic hydroxyl groups is 1. The number of fused-ring (bicyclic) bond motifs is 1. The summed E-state index contributed by atoms with van der Waals surface area (Å²) < 4.78 is 0. The van der Waals surface area contributed by atoms with E-state index < -0.39 is 0 Å². The van der Waals surface area contributed by atoms with Gasteiger partial charge in [-0.25, -0.2) is 4.98 Å². The molecule has 130 valence electrons. The van der Waals surface area contributed by atoms with E-state index in [2.05, 4.69) is 9.97 Å². The molecule has 0 aliphatic heterocycles. The van der Waals surface area contributed by atoms with Crippen molar-refractivity contribution in [1.29, 1.82) is 0 Å². The lowest BCUT2D eigenvalue weighted by atomic mass is 9.98. The molecule has 2 aromatic carbocycles. The van der Waals surface area contributed by atoms with Crippen LogP contribution >= 0.6 is 11.6 Å². The fraction of sp³-hybridized carbons (Fsp3) is 0.0476. The van der Waals surface area contributed by atoms with Crippen molar-refractivity contribution >= 4 is 22.6 Å². The molecule has 0 spiro atoms. The highest BCUT2D eigenvalue weighted by molar-refractivity contribution is 6.32. The van der Waals surface area contributed by atoms with Gasteiger partial charge in [-0.15, -0.1) is 0 Å². The van der Waals surface area contributed by atoms with Gasteiger partial charge in [0.2, 0.25) is 0 Å². The van der Waals surface area contributed by atoms with E-state index in [0.717, 1.165) is 22.4 Å². The molecule has 0 saturated carbocycles. The van der Waals surface area contributed by atoms with E-state index in [1.54, 1.807) is 18.3 Å². The molecule has 0 aliphatic rings. The summed E-state index contributed by atoms with van der Waals surface area (Å²) in [6.45, 7) is 0. The summed E-state index contributed by atoms with van der Waals surface area (Å²) in [7, 11) is 0. The van der Waals surface area contributed by atoms with Crippen LogP contribution in [0.15, 0.2) is 71.7 Å². The molecule has 0 radical (unpaired) electrons. The number of rotatable bonds is 2. The largest absolute Gasteiger partial charge is 0.506 e. The second-order valence-corrected chi connectivity index (χ2v) is 6.06. The number of hydrogen-bond acceptors (Lipinski definition) is 3. The predicted molar refractivity (Wildman–Crippen MR) is 107 cm³/mol. The van der Waals surface area contributed by atoms with Crippen molar-refractivity contribution in [3.63, 3.8) is 0 Å². The minimum absolute atomic E-state index is 0. The molecular weight excluding hydrogens is 348 g/mol. The summed E-state index contributed by atoms with van der Waals surface area (Å²) in [6.07, 6.45) is 1.59. The highest BCUT2D eigenvalue weighted by atomic mass is 35.5. The molecule has 0 atom stereocenters. The van der Waals surface area contributed by atoms with Crippen LogP contribution in [0.1, 0.15) is 7.43 Å². The van der Waals surface area contributed by atoms with Gasteiger partial charge in [-0.2, -0.15) is 0 Å². The first-order chi connectivity index (χ1) is 12.1. The molecule has 4 aromatic rings. The summed E-state index contributed by atoms with van der Waals surface area (Å²) in [5.74, 6) is 0.0123. The molecular formula is C21H17ClN2O2. The third-order valence-corrected chi connectivity index (χ3v) is 4.35. The second kappa shape index (κ2) is 7.02. The predicted octanol–water partition coefficient (Wildman–Crippen LogP) is 5.25. The Hall–Kier alpha value is -3.11. The van der Waals surface area contributed by atoms with Gasteiger partial charge >= 0.3 is 0 Å². The summed E-state index contributed by atoms with van der Waals surface area (Å²) in [5, 5.41) is 10.4. The van der Waals surface area contributed by atoms with Crippen LogP contribution in [0.3, 0.4) is 0 Å². The smallest absolute Gasteiger partial charge is 0.191 e. The summed E-state index contributed by atoms with van der Waals surface area (Å²) in [4.78, 5) is 19.9. The van der Waals surface area contributed by atoms with Gasteiger partial charge in [-0.3, -0.25) is 4.79 Å². The molecule has 4 nitrogen and oxygen atoms in total. The van der Waals surface area contributed by atoms with Gasteiger partial charge < -0.3 is 10.1 Å². The molecule has 0 aliphatic carbocycles. The number of nitrogens with zero attached hydrogens (tertiary/aromatic N) is 1. The van der Waals surface area contributed by atoms with Crippen molar-refractivity contribution in [2.75, 3.05) is 0 Å². The number of benzene rings is 2. The lowest BCUT2D eigenvalue weighted by Crippen LogP contribution is -2.03. The maximum atomic E-state index is 12.2. The average molecular weight is 365 g/mol. The first-order valence-electron chi connectivity index (χ1n) is 7.70. The number of pyridine rings is 2. The van der Waals surface area contributed by atoms with Gasteiger partial charge in [0.25, 0.3) is 0 Å². The van der Waals surface area contributed by atoms with E-state index in [4.69, 9.17) is 11.6 Å². The van der Waals surface area contributed by atoms with Crippen LogP contribution in [0, 0.1) is 0 Å². The monoisotopic (exact) mass is 364 g/mol. The van der Waals surface area contributed by atoms with Gasteiger partial charge in [0, 0.05) is 23.4 Å². The Morgan fingerprint density at radius 3 is 2.46 bits per heavy atom. The van der Waals surface area contributed by atoms with E-state index in [-0.39, 0.29) is 23.6 Å². The number of phenols is 1. The molecule has 26 heavy (non-hydrogen) atoms. The first kappa shape index (κ1) is 17.7. The van der Waals surface area contributed by atoms with Crippen molar-refractivity contribution in [2.45, 2.75) is 7.43 Å². The zero-order valence-electron chi connectivity index (χ0n) is 13.0. The van der Waals surface area contributed by atoms with Crippen molar-refractivity contribution in [1.82, 2.24) is 9.97 Å². The highest BCUT2D eigenvalue weighted by Gasteiger charge is 2.14. The minimum atomic E-state index is -0.105. The van der Waals surface area contributed by atoms with Crippen LogP contribution in [0.2, 0.25) is 5.02 Å². The SMILES string of the molecule is C.O=c1cc[nH]c2nc(-c3ccccc3)c(-c3ccc(O)c(Cl)c3)cc12. The van der Waals surface area contributed by atoms with Crippen LogP contribution < -0.4 is 5.43 Å². The number of H-pyrrole nitrogens is 1. The lowest BCUT2D eigenvalue weighted by Gasteiger charge is -2.12. The Balaban J connectivity index is 0.00000196. The minimum Gasteiger partial charge on any atom is -0.506 e. The van der Waals surface area contributed by atoms with E-state index in [9.17, 15) is 9.90 Å². The number of aromatic nitrogens is 2. The van der Waals surface area contributed by atoms with Crippen LogP contribution in [0.25, 0.3) is 33.4 Å². The number of hydrogen-bond donors (Lipinski definition) is 2. The molecule has 2 heterocycles. The Morgan fingerprint density at radius 1 is 0.962 bits per heavy atom. The quantitative estimate of drug-likeness (QED) is 0.510. The van der Waals surface area contributed by atoms with Gasteiger partial charge in [-0.1, -0.05) is 55.4 Å². The molecule has 0 bridgehead atoms. The molecule has 2 aromatic heterocycles. The number of halogens is 1. The zero-order valence-corrected chi connectivity index (χ0v) is 13.8. The zero-order chi connectivity index (χ0) is 17.4. The number of phenolic OH excluding ortho intramolecular Hbond substituents is 1. The fourth-order valence-electron chi connectivity index (χ4n) is 2.81. The van der Waals surface area contributed by atoms with Gasteiger partial charge in [0.05, 0.1) is 16.1 Å². The normalized spacial score (nSPS) is 10.5. The van der Waals surface area contributed by atoms with Gasteiger partial charge in [-0.05, 0) is 23.8 Å². The van der Waals surface area contributed by atoms with E-state index in [1.165, 1.54) is 12.1 Å². The Morgan fingerprint density at radius 2 is 1.73 bits per heavy atom. The van der Waals surface area contributed by atoms with E-state index >= 15 is 0 Å². The summed E-state index contributed by atoms with van der Waals surface area (Å²) in [6, 6.07) is 18.0. The molecule has 0 saturated heterocycles. The third-order valence-electron chi connectivity index (χ3n) is 4.05. The average Bonchev–Trinajstić information content (AvgIpc) is 2.64. The summed E-state index contributed by atoms with van der Waals surface area (Å²) >= 11 is 6.07. The van der Waals surface area contributed by atoms with E-state index in [0.29, 0.717) is 11.0 Å². The highest BCUT2D eigenvalue weighted by Crippen LogP contribution is 2.35.